The van der Waals surface area contributed by atoms with Crippen LogP contribution in [0.15, 0.2) is 24.3 Å². The second kappa shape index (κ2) is 7.19. The predicted molar refractivity (Wildman–Crippen MR) is 77.3 cm³/mol. The Morgan fingerprint density at radius 2 is 1.57 bits per heavy atom. The van der Waals surface area contributed by atoms with E-state index in [1.807, 2.05) is 0 Å². The molecule has 0 bridgehead atoms. The highest BCUT2D eigenvalue weighted by atomic mass is 19.4. The minimum absolute atomic E-state index is 0.527. The van der Waals surface area contributed by atoms with Gasteiger partial charge in [0.2, 0.25) is 0 Å². The largest absolute Gasteiger partial charge is 0.493 e. The molecule has 1 nitrogen and oxygen atoms in total. The molecule has 0 aliphatic heterocycles. The highest BCUT2D eigenvalue weighted by Crippen LogP contribution is 2.33. The van der Waals surface area contributed by atoms with Crippen molar-refractivity contribution in [1.82, 2.24) is 0 Å². The van der Waals surface area contributed by atoms with Crippen LogP contribution in [0, 0.1) is 11.8 Å². The van der Waals surface area contributed by atoms with Crippen LogP contribution >= 0.6 is 0 Å². The lowest BCUT2D eigenvalue weighted by Gasteiger charge is -2.28. The Kier molecular flexibility index (Phi) is 5.54. The Morgan fingerprint density at radius 3 is 2.10 bits per heavy atom. The van der Waals surface area contributed by atoms with Gasteiger partial charge in [-0.1, -0.05) is 32.6 Å². The number of alkyl halides is 3. The zero-order valence-corrected chi connectivity index (χ0v) is 12.5. The number of hydrogen-bond donors (Lipinski definition) is 0. The van der Waals surface area contributed by atoms with Crippen molar-refractivity contribution in [3.63, 3.8) is 0 Å². The molecule has 0 amide bonds. The van der Waals surface area contributed by atoms with E-state index in [9.17, 15) is 13.2 Å². The lowest BCUT2D eigenvalue weighted by atomic mass is 9.80. The van der Waals surface area contributed by atoms with Gasteiger partial charge in [-0.15, -0.1) is 0 Å². The van der Waals surface area contributed by atoms with Gasteiger partial charge in [0.15, 0.2) is 0 Å². The highest BCUT2D eigenvalue weighted by molar-refractivity contribution is 5.28. The molecule has 1 saturated carbocycles. The van der Waals surface area contributed by atoms with Crippen molar-refractivity contribution < 1.29 is 17.9 Å². The molecule has 21 heavy (non-hydrogen) atoms. The number of halogens is 3. The van der Waals surface area contributed by atoms with Crippen LogP contribution in [0.25, 0.3) is 0 Å². The monoisotopic (exact) mass is 300 g/mol. The van der Waals surface area contributed by atoms with Crippen LogP contribution in [-0.2, 0) is 6.18 Å². The van der Waals surface area contributed by atoms with Gasteiger partial charge < -0.3 is 4.74 Å². The summed E-state index contributed by atoms with van der Waals surface area (Å²) in [5.74, 6) is 1.93. The Bertz CT molecular complexity index is 417. The van der Waals surface area contributed by atoms with Crippen molar-refractivity contribution in [2.75, 3.05) is 6.61 Å². The Balaban J connectivity index is 1.76. The molecule has 1 aromatic rings. The van der Waals surface area contributed by atoms with Gasteiger partial charge in [-0.3, -0.25) is 0 Å². The maximum atomic E-state index is 12.5. The van der Waals surface area contributed by atoms with Gasteiger partial charge in [0.1, 0.15) is 5.75 Å². The Labute approximate surface area is 124 Å². The molecule has 4 heteroatoms. The van der Waals surface area contributed by atoms with E-state index >= 15 is 0 Å². The molecule has 0 spiro atoms. The minimum atomic E-state index is -4.28. The summed E-state index contributed by atoms with van der Waals surface area (Å²) in [6.45, 7) is 2.84. The molecule has 118 valence electrons. The van der Waals surface area contributed by atoms with Crippen molar-refractivity contribution in [2.45, 2.75) is 51.6 Å². The van der Waals surface area contributed by atoms with Gasteiger partial charge in [-0.05, 0) is 48.9 Å². The standard InChI is InChI=1S/C17H23F3O/c1-2-3-13-4-6-14(7-5-13)12-21-16-10-8-15(9-11-16)17(18,19)20/h8-11,13-14H,2-7,12H2,1H3/t13-,14-. The molecule has 0 unspecified atom stereocenters. The smallest absolute Gasteiger partial charge is 0.416 e. The fourth-order valence-corrected chi connectivity index (χ4v) is 3.05. The fraction of sp³-hybridized carbons (Fsp3) is 0.647. The summed E-state index contributed by atoms with van der Waals surface area (Å²) in [6, 6.07) is 4.97. The lowest BCUT2D eigenvalue weighted by Crippen LogP contribution is -2.20. The molecule has 0 atom stereocenters. The summed E-state index contributed by atoms with van der Waals surface area (Å²) in [4.78, 5) is 0. The summed E-state index contributed by atoms with van der Waals surface area (Å²) in [6.07, 6.45) is 3.14. The topological polar surface area (TPSA) is 9.23 Å². The van der Waals surface area contributed by atoms with Crippen LogP contribution in [0.2, 0.25) is 0 Å². The SMILES string of the molecule is CCC[C@H]1CC[C@H](COc2ccc(C(F)(F)F)cc2)CC1. The molecule has 1 aromatic carbocycles. The van der Waals surface area contributed by atoms with Gasteiger partial charge >= 0.3 is 6.18 Å². The van der Waals surface area contributed by atoms with Crippen LogP contribution < -0.4 is 4.74 Å². The predicted octanol–water partition coefficient (Wildman–Crippen LogP) is 5.69. The van der Waals surface area contributed by atoms with Crippen molar-refractivity contribution >= 4 is 0 Å². The summed E-state index contributed by atoms with van der Waals surface area (Å²) >= 11 is 0. The van der Waals surface area contributed by atoms with Gasteiger partial charge in [-0.2, -0.15) is 13.2 Å². The third kappa shape index (κ3) is 4.94. The molecule has 0 heterocycles. The maximum absolute atomic E-state index is 12.5. The average Bonchev–Trinajstić information content (AvgIpc) is 2.46. The number of hydrogen-bond acceptors (Lipinski definition) is 1. The second-order valence-corrected chi connectivity index (χ2v) is 6.01. The summed E-state index contributed by atoms with van der Waals surface area (Å²) in [5.41, 5.74) is -0.630. The number of rotatable bonds is 5. The molecule has 0 aromatic heterocycles. The average molecular weight is 300 g/mol. The van der Waals surface area contributed by atoms with E-state index in [-0.39, 0.29) is 0 Å². The van der Waals surface area contributed by atoms with E-state index in [1.54, 1.807) is 0 Å². The van der Waals surface area contributed by atoms with Crippen LogP contribution in [-0.4, -0.2) is 6.61 Å². The van der Waals surface area contributed by atoms with Gasteiger partial charge in [-0.25, -0.2) is 0 Å². The lowest BCUT2D eigenvalue weighted by molar-refractivity contribution is -0.137. The van der Waals surface area contributed by atoms with Crippen LogP contribution in [0.4, 0.5) is 13.2 Å². The van der Waals surface area contributed by atoms with E-state index in [4.69, 9.17) is 4.74 Å². The third-order valence-corrected chi connectivity index (χ3v) is 4.33. The van der Waals surface area contributed by atoms with E-state index in [1.165, 1.54) is 50.7 Å². The minimum Gasteiger partial charge on any atom is -0.493 e. The van der Waals surface area contributed by atoms with Crippen molar-refractivity contribution in [3.05, 3.63) is 29.8 Å². The molecule has 0 radical (unpaired) electrons. The Hall–Kier alpha value is -1.19. The fourth-order valence-electron chi connectivity index (χ4n) is 3.05. The highest BCUT2D eigenvalue weighted by Gasteiger charge is 2.30. The first-order valence-corrected chi connectivity index (χ1v) is 7.79. The van der Waals surface area contributed by atoms with Crippen LogP contribution in [0.5, 0.6) is 5.75 Å². The van der Waals surface area contributed by atoms with E-state index < -0.39 is 11.7 Å². The van der Waals surface area contributed by atoms with Gasteiger partial charge in [0.05, 0.1) is 12.2 Å². The molecule has 0 saturated heterocycles. The summed E-state index contributed by atoms with van der Waals surface area (Å²) < 4.78 is 43.0. The van der Waals surface area contributed by atoms with Crippen molar-refractivity contribution in [1.29, 1.82) is 0 Å². The van der Waals surface area contributed by atoms with Gasteiger partial charge in [0.25, 0.3) is 0 Å². The molecule has 1 fully saturated rings. The number of ether oxygens (including phenoxy) is 1. The van der Waals surface area contributed by atoms with Crippen molar-refractivity contribution in [2.24, 2.45) is 11.8 Å². The first kappa shape index (κ1) is 16.2. The summed E-state index contributed by atoms with van der Waals surface area (Å²) in [5, 5.41) is 0. The van der Waals surface area contributed by atoms with E-state index in [0.29, 0.717) is 18.3 Å². The first-order chi connectivity index (χ1) is 9.99. The second-order valence-electron chi connectivity index (χ2n) is 6.01. The quantitative estimate of drug-likeness (QED) is 0.678. The zero-order valence-electron chi connectivity index (χ0n) is 12.5. The Morgan fingerprint density at radius 1 is 1.00 bits per heavy atom. The van der Waals surface area contributed by atoms with E-state index in [2.05, 4.69) is 6.92 Å². The van der Waals surface area contributed by atoms with Crippen LogP contribution in [0.3, 0.4) is 0 Å². The van der Waals surface area contributed by atoms with Crippen molar-refractivity contribution in [3.8, 4) is 5.75 Å². The molecular weight excluding hydrogens is 277 g/mol. The van der Waals surface area contributed by atoms with Crippen LogP contribution in [0.1, 0.15) is 51.0 Å². The molecule has 1 aliphatic carbocycles. The van der Waals surface area contributed by atoms with E-state index in [0.717, 1.165) is 18.1 Å². The summed E-state index contributed by atoms with van der Waals surface area (Å²) in [7, 11) is 0. The third-order valence-electron chi connectivity index (χ3n) is 4.33. The molecule has 2 rings (SSSR count). The number of benzene rings is 1. The molecule has 1 aliphatic rings. The van der Waals surface area contributed by atoms with Gasteiger partial charge in [0, 0.05) is 0 Å². The normalized spacial score (nSPS) is 23.0. The zero-order chi connectivity index (χ0) is 15.3. The molecular formula is C17H23F3O. The molecule has 0 N–H and O–H groups in total. The first-order valence-electron chi connectivity index (χ1n) is 7.79. The maximum Gasteiger partial charge on any atom is 0.416 e.